The molecular weight excluding hydrogens is 212 g/mol. The van der Waals surface area contributed by atoms with Gasteiger partial charge < -0.3 is 4.74 Å². The van der Waals surface area contributed by atoms with Crippen LogP contribution in [0.5, 0.6) is 0 Å². The van der Waals surface area contributed by atoms with E-state index >= 15 is 0 Å². The van der Waals surface area contributed by atoms with Gasteiger partial charge in [0, 0.05) is 6.61 Å². The van der Waals surface area contributed by atoms with Crippen molar-refractivity contribution in [3.8, 4) is 6.07 Å². The molecule has 1 rings (SSSR count). The van der Waals surface area contributed by atoms with Gasteiger partial charge in [0.1, 0.15) is 5.54 Å². The summed E-state index contributed by atoms with van der Waals surface area (Å²) in [5.74, 6) is 0.455. The Labute approximate surface area is 106 Å². The molecule has 0 radical (unpaired) electrons. The van der Waals surface area contributed by atoms with E-state index in [-0.39, 0.29) is 5.54 Å². The minimum atomic E-state index is -0.284. The second kappa shape index (κ2) is 6.98. The first-order valence-corrected chi connectivity index (χ1v) is 6.96. The van der Waals surface area contributed by atoms with Crippen LogP contribution in [-0.2, 0) is 4.74 Å². The number of rotatable bonds is 7. The SMILES string of the molecule is CCNC1(C#N)CCCC1CCOC(C)CC. The minimum absolute atomic E-state index is 0.284. The third kappa shape index (κ3) is 3.69. The molecule has 0 heterocycles. The van der Waals surface area contributed by atoms with Crippen molar-refractivity contribution in [1.82, 2.24) is 5.32 Å². The summed E-state index contributed by atoms with van der Waals surface area (Å²) >= 11 is 0. The lowest BCUT2D eigenvalue weighted by Gasteiger charge is -2.29. The van der Waals surface area contributed by atoms with Crippen molar-refractivity contribution in [2.45, 2.75) is 64.5 Å². The summed E-state index contributed by atoms with van der Waals surface area (Å²) < 4.78 is 5.73. The van der Waals surface area contributed by atoms with Gasteiger partial charge in [-0.3, -0.25) is 5.32 Å². The van der Waals surface area contributed by atoms with E-state index < -0.39 is 0 Å². The highest BCUT2D eigenvalue weighted by Gasteiger charge is 2.42. The summed E-state index contributed by atoms with van der Waals surface area (Å²) in [7, 11) is 0. The first-order valence-electron chi connectivity index (χ1n) is 6.96. The van der Waals surface area contributed by atoms with Crippen LogP contribution in [0.25, 0.3) is 0 Å². The highest BCUT2D eigenvalue weighted by Crippen LogP contribution is 2.37. The van der Waals surface area contributed by atoms with E-state index in [4.69, 9.17) is 4.74 Å². The molecule has 0 spiro atoms. The molecule has 0 aromatic carbocycles. The lowest BCUT2D eigenvalue weighted by Crippen LogP contribution is -2.47. The topological polar surface area (TPSA) is 45.0 Å². The Morgan fingerprint density at radius 2 is 2.29 bits per heavy atom. The molecule has 17 heavy (non-hydrogen) atoms. The molecule has 3 heteroatoms. The van der Waals surface area contributed by atoms with E-state index in [0.29, 0.717) is 12.0 Å². The lowest BCUT2D eigenvalue weighted by molar-refractivity contribution is 0.0499. The second-order valence-corrected chi connectivity index (χ2v) is 5.08. The zero-order valence-corrected chi connectivity index (χ0v) is 11.5. The van der Waals surface area contributed by atoms with Gasteiger partial charge in [0.2, 0.25) is 0 Å². The summed E-state index contributed by atoms with van der Waals surface area (Å²) in [6.45, 7) is 7.98. The zero-order chi connectivity index (χ0) is 12.7. The van der Waals surface area contributed by atoms with Crippen molar-refractivity contribution < 1.29 is 4.74 Å². The predicted octanol–water partition coefficient (Wildman–Crippen LogP) is 2.86. The van der Waals surface area contributed by atoms with Crippen LogP contribution in [0.3, 0.4) is 0 Å². The van der Waals surface area contributed by atoms with Gasteiger partial charge in [-0.15, -0.1) is 0 Å². The van der Waals surface area contributed by atoms with Crippen LogP contribution < -0.4 is 5.32 Å². The molecule has 0 amide bonds. The smallest absolute Gasteiger partial charge is 0.109 e. The molecule has 0 saturated heterocycles. The van der Waals surface area contributed by atoms with Crippen molar-refractivity contribution in [2.75, 3.05) is 13.2 Å². The van der Waals surface area contributed by atoms with Crippen LogP contribution in [0.15, 0.2) is 0 Å². The molecule has 1 aliphatic carbocycles. The third-order valence-electron chi connectivity index (χ3n) is 3.96. The average molecular weight is 238 g/mol. The summed E-state index contributed by atoms with van der Waals surface area (Å²) in [4.78, 5) is 0. The number of hydrogen-bond donors (Lipinski definition) is 1. The van der Waals surface area contributed by atoms with Crippen LogP contribution in [0.2, 0.25) is 0 Å². The van der Waals surface area contributed by atoms with Crippen molar-refractivity contribution >= 4 is 0 Å². The fraction of sp³-hybridized carbons (Fsp3) is 0.929. The van der Waals surface area contributed by atoms with Gasteiger partial charge in [-0.1, -0.05) is 20.3 Å². The molecule has 0 bridgehead atoms. The summed E-state index contributed by atoms with van der Waals surface area (Å²) in [6, 6.07) is 2.51. The second-order valence-electron chi connectivity index (χ2n) is 5.08. The van der Waals surface area contributed by atoms with Crippen LogP contribution in [0, 0.1) is 17.2 Å². The van der Waals surface area contributed by atoms with Crippen LogP contribution >= 0.6 is 0 Å². The number of hydrogen-bond acceptors (Lipinski definition) is 3. The monoisotopic (exact) mass is 238 g/mol. The van der Waals surface area contributed by atoms with Gasteiger partial charge in [-0.25, -0.2) is 0 Å². The maximum Gasteiger partial charge on any atom is 0.109 e. The largest absolute Gasteiger partial charge is 0.379 e. The van der Waals surface area contributed by atoms with E-state index in [2.05, 4.69) is 32.2 Å². The normalized spacial score (nSPS) is 30.1. The van der Waals surface area contributed by atoms with E-state index in [9.17, 15) is 5.26 Å². The fourth-order valence-corrected chi connectivity index (χ4v) is 2.73. The van der Waals surface area contributed by atoms with Gasteiger partial charge in [0.25, 0.3) is 0 Å². The minimum Gasteiger partial charge on any atom is -0.379 e. The number of nitrogens with one attached hydrogen (secondary N) is 1. The lowest BCUT2D eigenvalue weighted by atomic mass is 9.86. The van der Waals surface area contributed by atoms with Crippen molar-refractivity contribution in [3.63, 3.8) is 0 Å². The average Bonchev–Trinajstić information content (AvgIpc) is 2.73. The fourth-order valence-electron chi connectivity index (χ4n) is 2.73. The number of nitriles is 1. The molecule has 1 fully saturated rings. The quantitative estimate of drug-likeness (QED) is 0.741. The van der Waals surface area contributed by atoms with Gasteiger partial charge in [0.05, 0.1) is 12.2 Å². The Morgan fingerprint density at radius 1 is 1.53 bits per heavy atom. The van der Waals surface area contributed by atoms with Gasteiger partial charge >= 0.3 is 0 Å². The predicted molar refractivity (Wildman–Crippen MR) is 69.7 cm³/mol. The van der Waals surface area contributed by atoms with E-state index in [0.717, 1.165) is 45.3 Å². The zero-order valence-electron chi connectivity index (χ0n) is 11.5. The van der Waals surface area contributed by atoms with Crippen molar-refractivity contribution in [3.05, 3.63) is 0 Å². The molecule has 1 saturated carbocycles. The first-order chi connectivity index (χ1) is 8.18. The maximum atomic E-state index is 9.42. The maximum absolute atomic E-state index is 9.42. The van der Waals surface area contributed by atoms with Crippen molar-refractivity contribution in [1.29, 1.82) is 5.26 Å². The molecule has 3 atom stereocenters. The third-order valence-corrected chi connectivity index (χ3v) is 3.96. The van der Waals surface area contributed by atoms with E-state index in [1.54, 1.807) is 0 Å². The molecule has 3 nitrogen and oxygen atoms in total. The van der Waals surface area contributed by atoms with Crippen LogP contribution in [-0.4, -0.2) is 24.8 Å². The highest BCUT2D eigenvalue weighted by molar-refractivity contribution is 5.13. The number of nitrogens with zero attached hydrogens (tertiary/aromatic N) is 1. The molecule has 1 N–H and O–H groups in total. The molecule has 0 aromatic heterocycles. The van der Waals surface area contributed by atoms with Gasteiger partial charge in [0.15, 0.2) is 0 Å². The number of ether oxygens (including phenoxy) is 1. The van der Waals surface area contributed by atoms with E-state index in [1.807, 2.05) is 0 Å². The van der Waals surface area contributed by atoms with Gasteiger partial charge in [-0.05, 0) is 45.1 Å². The van der Waals surface area contributed by atoms with Crippen molar-refractivity contribution in [2.24, 2.45) is 5.92 Å². The molecule has 1 aliphatic rings. The Balaban J connectivity index is 2.43. The Hall–Kier alpha value is -0.590. The Morgan fingerprint density at radius 3 is 2.88 bits per heavy atom. The summed E-state index contributed by atoms with van der Waals surface area (Å²) in [5, 5.41) is 12.8. The van der Waals surface area contributed by atoms with Crippen LogP contribution in [0.1, 0.15) is 52.9 Å². The molecule has 98 valence electrons. The molecule has 3 unspecified atom stereocenters. The Bertz CT molecular complexity index is 261. The first kappa shape index (κ1) is 14.5. The summed E-state index contributed by atoms with van der Waals surface area (Å²) in [5.41, 5.74) is -0.284. The Kier molecular flexibility index (Phi) is 5.94. The molecular formula is C14H26N2O. The van der Waals surface area contributed by atoms with Crippen LogP contribution in [0.4, 0.5) is 0 Å². The summed E-state index contributed by atoms with van der Waals surface area (Å²) in [6.07, 6.45) is 5.71. The molecule has 0 aromatic rings. The molecule has 0 aliphatic heterocycles. The standard InChI is InChI=1S/C14H26N2O/c1-4-12(3)17-10-8-13-7-6-9-14(13,11-15)16-5-2/h12-13,16H,4-10H2,1-3H3. The van der Waals surface area contributed by atoms with Gasteiger partial charge in [-0.2, -0.15) is 5.26 Å². The van der Waals surface area contributed by atoms with E-state index in [1.165, 1.54) is 0 Å². The highest BCUT2D eigenvalue weighted by atomic mass is 16.5.